The van der Waals surface area contributed by atoms with Crippen LogP contribution in [-0.4, -0.2) is 33.7 Å². The predicted octanol–water partition coefficient (Wildman–Crippen LogP) is 1.86. The second-order valence-electron chi connectivity index (χ2n) is 4.88. The first-order chi connectivity index (χ1) is 10.3. The van der Waals surface area contributed by atoms with Crippen LogP contribution in [0.25, 0.3) is 0 Å². The standard InChI is InChI=1S/C14H18N4O2S/c1-2-20-13(19)4-3-11-10-21-14(16-11)18-8-7-17-6-5-15-12(17)9-18/h5-6,10H,2-4,7-9H2,1H3. The topological polar surface area (TPSA) is 60.2 Å². The molecule has 0 saturated heterocycles. The maximum Gasteiger partial charge on any atom is 0.306 e. The first-order valence-electron chi connectivity index (χ1n) is 7.11. The number of nitrogens with zero attached hydrogens (tertiary/aromatic N) is 4. The van der Waals surface area contributed by atoms with Crippen molar-refractivity contribution in [3.05, 3.63) is 29.3 Å². The van der Waals surface area contributed by atoms with E-state index in [4.69, 9.17) is 4.74 Å². The Morgan fingerprint density at radius 2 is 2.38 bits per heavy atom. The number of imidazole rings is 1. The van der Waals surface area contributed by atoms with Gasteiger partial charge in [0.05, 0.1) is 25.3 Å². The Bertz CT molecular complexity index is 622. The van der Waals surface area contributed by atoms with Gasteiger partial charge in [0.2, 0.25) is 0 Å². The first kappa shape index (κ1) is 14.1. The van der Waals surface area contributed by atoms with Crippen LogP contribution in [-0.2, 0) is 29.0 Å². The lowest BCUT2D eigenvalue weighted by atomic mass is 10.2. The highest BCUT2D eigenvalue weighted by Gasteiger charge is 2.19. The summed E-state index contributed by atoms with van der Waals surface area (Å²) < 4.78 is 7.10. The predicted molar refractivity (Wildman–Crippen MR) is 80.3 cm³/mol. The number of hydrogen-bond donors (Lipinski definition) is 0. The summed E-state index contributed by atoms with van der Waals surface area (Å²) in [6.07, 6.45) is 4.88. The number of anilines is 1. The summed E-state index contributed by atoms with van der Waals surface area (Å²) in [5, 5.41) is 3.03. The third-order valence-electron chi connectivity index (χ3n) is 3.45. The molecule has 0 radical (unpaired) electrons. The molecule has 1 aliphatic heterocycles. The van der Waals surface area contributed by atoms with E-state index in [0.29, 0.717) is 19.4 Å². The van der Waals surface area contributed by atoms with E-state index in [-0.39, 0.29) is 5.97 Å². The van der Waals surface area contributed by atoms with E-state index in [1.807, 2.05) is 24.7 Å². The molecular weight excluding hydrogens is 288 g/mol. The Kier molecular flexibility index (Phi) is 4.19. The van der Waals surface area contributed by atoms with Crippen molar-refractivity contribution < 1.29 is 9.53 Å². The van der Waals surface area contributed by atoms with E-state index in [0.717, 1.165) is 36.3 Å². The fraction of sp³-hybridized carbons (Fsp3) is 0.500. The molecule has 112 valence electrons. The molecule has 0 N–H and O–H groups in total. The number of thiazole rings is 1. The molecular formula is C14H18N4O2S. The Hall–Kier alpha value is -1.89. The fourth-order valence-electron chi connectivity index (χ4n) is 2.36. The van der Waals surface area contributed by atoms with Gasteiger partial charge in [-0.2, -0.15) is 0 Å². The molecule has 1 aliphatic rings. The summed E-state index contributed by atoms with van der Waals surface area (Å²) in [4.78, 5) is 22.6. The number of hydrogen-bond acceptors (Lipinski definition) is 6. The Morgan fingerprint density at radius 1 is 1.48 bits per heavy atom. The second kappa shape index (κ2) is 6.26. The van der Waals surface area contributed by atoms with Crippen LogP contribution in [0.5, 0.6) is 0 Å². The van der Waals surface area contributed by atoms with Gasteiger partial charge in [-0.3, -0.25) is 4.79 Å². The van der Waals surface area contributed by atoms with Crippen molar-refractivity contribution >= 4 is 22.4 Å². The number of rotatable bonds is 5. The fourth-order valence-corrected chi connectivity index (χ4v) is 3.24. The van der Waals surface area contributed by atoms with Crippen LogP contribution in [0.3, 0.4) is 0 Å². The number of carbonyl (C=O) groups is 1. The third-order valence-corrected chi connectivity index (χ3v) is 4.40. The van der Waals surface area contributed by atoms with E-state index in [1.165, 1.54) is 0 Å². The maximum absolute atomic E-state index is 11.4. The Balaban J connectivity index is 1.59. The maximum atomic E-state index is 11.4. The molecule has 3 heterocycles. The molecule has 2 aromatic heterocycles. The van der Waals surface area contributed by atoms with Crippen molar-refractivity contribution in [2.75, 3.05) is 18.1 Å². The second-order valence-corrected chi connectivity index (χ2v) is 5.72. The van der Waals surface area contributed by atoms with E-state index in [9.17, 15) is 4.79 Å². The van der Waals surface area contributed by atoms with Crippen molar-refractivity contribution in [3.63, 3.8) is 0 Å². The van der Waals surface area contributed by atoms with Gasteiger partial charge >= 0.3 is 5.97 Å². The molecule has 0 fully saturated rings. The highest BCUT2D eigenvalue weighted by molar-refractivity contribution is 7.13. The summed E-state index contributed by atoms with van der Waals surface area (Å²) in [6.45, 7) is 4.92. The van der Waals surface area contributed by atoms with Crippen LogP contribution in [0.4, 0.5) is 5.13 Å². The smallest absolute Gasteiger partial charge is 0.306 e. The molecule has 0 aliphatic carbocycles. The SMILES string of the molecule is CCOC(=O)CCc1csc(N2CCn3ccnc3C2)n1. The lowest BCUT2D eigenvalue weighted by Crippen LogP contribution is -2.33. The largest absolute Gasteiger partial charge is 0.466 e. The Labute approximate surface area is 127 Å². The van der Waals surface area contributed by atoms with E-state index in [2.05, 4.69) is 19.4 Å². The van der Waals surface area contributed by atoms with Crippen LogP contribution in [0.2, 0.25) is 0 Å². The number of fused-ring (bicyclic) bond motifs is 1. The van der Waals surface area contributed by atoms with Gasteiger partial charge in [-0.15, -0.1) is 11.3 Å². The molecule has 0 atom stereocenters. The molecule has 6 nitrogen and oxygen atoms in total. The van der Waals surface area contributed by atoms with Gasteiger partial charge < -0.3 is 14.2 Å². The first-order valence-corrected chi connectivity index (χ1v) is 7.99. The quantitative estimate of drug-likeness (QED) is 0.789. The molecule has 0 amide bonds. The van der Waals surface area contributed by atoms with Crippen LogP contribution < -0.4 is 4.90 Å². The third kappa shape index (κ3) is 3.24. The van der Waals surface area contributed by atoms with E-state index in [1.54, 1.807) is 11.3 Å². The molecule has 7 heteroatoms. The number of ether oxygens (including phenoxy) is 1. The van der Waals surface area contributed by atoms with Crippen LogP contribution in [0.15, 0.2) is 17.8 Å². The summed E-state index contributed by atoms with van der Waals surface area (Å²) >= 11 is 1.62. The molecule has 0 unspecified atom stereocenters. The monoisotopic (exact) mass is 306 g/mol. The lowest BCUT2D eigenvalue weighted by Gasteiger charge is -2.27. The van der Waals surface area contributed by atoms with Crippen molar-refractivity contribution in [2.45, 2.75) is 32.9 Å². The molecule has 0 bridgehead atoms. The zero-order valence-corrected chi connectivity index (χ0v) is 12.8. The zero-order valence-electron chi connectivity index (χ0n) is 12.0. The van der Waals surface area contributed by atoms with Gasteiger partial charge in [0.15, 0.2) is 5.13 Å². The minimum absolute atomic E-state index is 0.160. The van der Waals surface area contributed by atoms with Crippen LogP contribution >= 0.6 is 11.3 Å². The molecule has 2 aromatic rings. The summed E-state index contributed by atoms with van der Waals surface area (Å²) in [7, 11) is 0. The van der Waals surface area contributed by atoms with Gasteiger partial charge in [-0.25, -0.2) is 9.97 Å². The summed E-state index contributed by atoms with van der Waals surface area (Å²) in [5.74, 6) is 0.913. The van der Waals surface area contributed by atoms with Gasteiger partial charge in [0.1, 0.15) is 5.82 Å². The number of esters is 1. The van der Waals surface area contributed by atoms with Crippen LogP contribution in [0.1, 0.15) is 24.9 Å². The minimum atomic E-state index is -0.160. The summed E-state index contributed by atoms with van der Waals surface area (Å²) in [6, 6.07) is 0. The van der Waals surface area contributed by atoms with Gasteiger partial charge in [0.25, 0.3) is 0 Å². The van der Waals surface area contributed by atoms with E-state index >= 15 is 0 Å². The lowest BCUT2D eigenvalue weighted by molar-refractivity contribution is -0.143. The normalized spacial score (nSPS) is 14.0. The molecule has 3 rings (SSSR count). The number of aryl methyl sites for hydroxylation is 1. The molecule has 0 saturated carbocycles. The average Bonchev–Trinajstić information content (AvgIpc) is 3.13. The molecule has 0 aromatic carbocycles. The van der Waals surface area contributed by atoms with Gasteiger partial charge in [-0.1, -0.05) is 0 Å². The van der Waals surface area contributed by atoms with E-state index < -0.39 is 0 Å². The average molecular weight is 306 g/mol. The van der Waals surface area contributed by atoms with Crippen molar-refractivity contribution in [2.24, 2.45) is 0 Å². The zero-order chi connectivity index (χ0) is 14.7. The summed E-state index contributed by atoms with van der Waals surface area (Å²) in [5.41, 5.74) is 0.956. The number of aromatic nitrogens is 3. The highest BCUT2D eigenvalue weighted by Crippen LogP contribution is 2.24. The molecule has 21 heavy (non-hydrogen) atoms. The van der Waals surface area contributed by atoms with Crippen molar-refractivity contribution in [1.82, 2.24) is 14.5 Å². The van der Waals surface area contributed by atoms with Gasteiger partial charge in [-0.05, 0) is 6.92 Å². The number of carbonyl (C=O) groups excluding carboxylic acids is 1. The van der Waals surface area contributed by atoms with Crippen molar-refractivity contribution in [3.8, 4) is 0 Å². The van der Waals surface area contributed by atoms with Crippen LogP contribution in [0, 0.1) is 0 Å². The van der Waals surface area contributed by atoms with Crippen molar-refractivity contribution in [1.29, 1.82) is 0 Å². The minimum Gasteiger partial charge on any atom is -0.466 e. The Morgan fingerprint density at radius 3 is 3.24 bits per heavy atom. The highest BCUT2D eigenvalue weighted by atomic mass is 32.1. The molecule has 0 spiro atoms. The van der Waals surface area contributed by atoms with Gasteiger partial charge in [0, 0.05) is 37.3 Å².